The highest BCUT2D eigenvalue weighted by atomic mass is 16.3. The van der Waals surface area contributed by atoms with Crippen LogP contribution in [-0.4, -0.2) is 5.84 Å². The Morgan fingerprint density at radius 2 is 2.00 bits per heavy atom. The van der Waals surface area contributed by atoms with Gasteiger partial charge in [-0.1, -0.05) is 24.3 Å². The molecule has 1 aromatic carbocycles. The highest BCUT2D eigenvalue weighted by molar-refractivity contribution is 6.01. The highest BCUT2D eigenvalue weighted by Gasteiger charge is 2.06. The molecular weight excluding hydrogens is 176 g/mol. The molecule has 0 saturated carbocycles. The summed E-state index contributed by atoms with van der Waals surface area (Å²) >= 11 is 0. The largest absolute Gasteiger partial charge is 0.472 e. The predicted octanol–water partition coefficient (Wildman–Crippen LogP) is 2.23. The molecule has 0 aliphatic carbocycles. The second kappa shape index (κ2) is 3.38. The lowest BCUT2D eigenvalue weighted by atomic mass is 10.0. The maximum Gasteiger partial charge on any atom is 0.123 e. The van der Waals surface area contributed by atoms with Crippen molar-refractivity contribution in [1.82, 2.24) is 0 Å². The van der Waals surface area contributed by atoms with E-state index < -0.39 is 0 Å². The third-order valence-corrected chi connectivity index (χ3v) is 2.05. The van der Waals surface area contributed by atoms with E-state index in [2.05, 4.69) is 0 Å². The van der Waals surface area contributed by atoms with Crippen LogP contribution in [0.25, 0.3) is 11.1 Å². The molecule has 0 bridgehead atoms. The molecule has 2 aromatic rings. The maximum atomic E-state index is 7.43. The van der Waals surface area contributed by atoms with Crippen LogP contribution in [0.3, 0.4) is 0 Å². The average molecular weight is 186 g/mol. The standard InChI is InChI=1S/C11H10N2O/c12-11(13)10-4-2-1-3-9(10)8-5-6-14-7-8/h1-7H,(H3,12,13). The summed E-state index contributed by atoms with van der Waals surface area (Å²) in [6.45, 7) is 0. The van der Waals surface area contributed by atoms with Crippen molar-refractivity contribution < 1.29 is 4.42 Å². The van der Waals surface area contributed by atoms with Crippen LogP contribution in [0.5, 0.6) is 0 Å². The predicted molar refractivity (Wildman–Crippen MR) is 55.2 cm³/mol. The van der Waals surface area contributed by atoms with Gasteiger partial charge < -0.3 is 10.2 Å². The fraction of sp³-hybridized carbons (Fsp3) is 0. The minimum Gasteiger partial charge on any atom is -0.472 e. The van der Waals surface area contributed by atoms with Crippen LogP contribution in [0.1, 0.15) is 5.56 Å². The normalized spacial score (nSPS) is 10.0. The number of nitrogens with two attached hydrogens (primary N) is 1. The Kier molecular flexibility index (Phi) is 2.07. The van der Waals surface area contributed by atoms with Gasteiger partial charge in [-0.3, -0.25) is 5.41 Å². The quantitative estimate of drug-likeness (QED) is 0.558. The van der Waals surface area contributed by atoms with Crippen molar-refractivity contribution in [2.75, 3.05) is 0 Å². The Morgan fingerprint density at radius 1 is 1.21 bits per heavy atom. The second-order valence-electron chi connectivity index (χ2n) is 2.97. The molecule has 0 saturated heterocycles. The number of nitrogen functional groups attached to an aromatic ring is 1. The smallest absolute Gasteiger partial charge is 0.123 e. The fourth-order valence-corrected chi connectivity index (χ4v) is 1.39. The van der Waals surface area contributed by atoms with Crippen molar-refractivity contribution in [3.63, 3.8) is 0 Å². The molecule has 1 heterocycles. The van der Waals surface area contributed by atoms with Gasteiger partial charge in [0, 0.05) is 11.1 Å². The van der Waals surface area contributed by atoms with Gasteiger partial charge in [0.15, 0.2) is 0 Å². The number of furan rings is 1. The second-order valence-corrected chi connectivity index (χ2v) is 2.97. The van der Waals surface area contributed by atoms with E-state index in [0.717, 1.165) is 16.7 Å². The van der Waals surface area contributed by atoms with Gasteiger partial charge in [-0.25, -0.2) is 0 Å². The van der Waals surface area contributed by atoms with E-state index in [0.29, 0.717) is 0 Å². The number of hydrogen-bond donors (Lipinski definition) is 2. The topological polar surface area (TPSA) is 63.0 Å². The molecule has 3 heteroatoms. The summed E-state index contributed by atoms with van der Waals surface area (Å²) in [6, 6.07) is 9.36. The molecule has 14 heavy (non-hydrogen) atoms. The summed E-state index contributed by atoms with van der Waals surface area (Å²) in [6.07, 6.45) is 3.24. The van der Waals surface area contributed by atoms with Crippen molar-refractivity contribution in [3.8, 4) is 11.1 Å². The summed E-state index contributed by atoms with van der Waals surface area (Å²) < 4.78 is 4.99. The van der Waals surface area contributed by atoms with Gasteiger partial charge in [0.05, 0.1) is 12.5 Å². The molecule has 0 atom stereocenters. The highest BCUT2D eigenvalue weighted by Crippen LogP contribution is 2.23. The average Bonchev–Trinajstić information content (AvgIpc) is 2.70. The maximum absolute atomic E-state index is 7.43. The van der Waals surface area contributed by atoms with Gasteiger partial charge in [-0.2, -0.15) is 0 Å². The molecule has 1 aromatic heterocycles. The van der Waals surface area contributed by atoms with Crippen molar-refractivity contribution in [3.05, 3.63) is 48.4 Å². The number of hydrogen-bond acceptors (Lipinski definition) is 2. The minimum absolute atomic E-state index is 0.0711. The molecule has 0 fully saturated rings. The SMILES string of the molecule is N=C(N)c1ccccc1-c1ccoc1. The monoisotopic (exact) mass is 186 g/mol. The van der Waals surface area contributed by atoms with E-state index in [1.165, 1.54) is 0 Å². The van der Waals surface area contributed by atoms with Gasteiger partial charge in [-0.05, 0) is 11.6 Å². The summed E-state index contributed by atoms with van der Waals surface area (Å²) in [7, 11) is 0. The van der Waals surface area contributed by atoms with Crippen molar-refractivity contribution >= 4 is 5.84 Å². The molecular formula is C11H10N2O. The molecule has 0 unspecified atom stereocenters. The lowest BCUT2D eigenvalue weighted by Crippen LogP contribution is -2.12. The molecule has 0 radical (unpaired) electrons. The van der Waals surface area contributed by atoms with E-state index in [-0.39, 0.29) is 5.84 Å². The summed E-state index contributed by atoms with van der Waals surface area (Å²) in [5, 5.41) is 7.43. The van der Waals surface area contributed by atoms with Crippen LogP contribution >= 0.6 is 0 Å². The van der Waals surface area contributed by atoms with Crippen LogP contribution in [-0.2, 0) is 0 Å². The van der Waals surface area contributed by atoms with Gasteiger partial charge in [-0.15, -0.1) is 0 Å². The third-order valence-electron chi connectivity index (χ3n) is 2.05. The van der Waals surface area contributed by atoms with Crippen molar-refractivity contribution in [1.29, 1.82) is 5.41 Å². The Labute approximate surface area is 81.7 Å². The zero-order valence-electron chi connectivity index (χ0n) is 7.53. The number of amidine groups is 1. The van der Waals surface area contributed by atoms with E-state index in [9.17, 15) is 0 Å². The first-order valence-electron chi connectivity index (χ1n) is 4.25. The Bertz CT molecular complexity index is 446. The minimum atomic E-state index is 0.0711. The molecule has 0 aliphatic rings. The first-order chi connectivity index (χ1) is 6.79. The van der Waals surface area contributed by atoms with Crippen LogP contribution in [0.4, 0.5) is 0 Å². The Balaban J connectivity index is 2.58. The van der Waals surface area contributed by atoms with Gasteiger partial charge in [0.1, 0.15) is 5.84 Å². The molecule has 0 amide bonds. The third kappa shape index (κ3) is 1.40. The zero-order chi connectivity index (χ0) is 9.97. The zero-order valence-corrected chi connectivity index (χ0v) is 7.53. The van der Waals surface area contributed by atoms with Crippen LogP contribution < -0.4 is 5.73 Å². The van der Waals surface area contributed by atoms with E-state index in [1.54, 1.807) is 12.5 Å². The van der Waals surface area contributed by atoms with E-state index >= 15 is 0 Å². The number of benzene rings is 1. The van der Waals surface area contributed by atoms with Gasteiger partial charge in [0.2, 0.25) is 0 Å². The molecule has 70 valence electrons. The van der Waals surface area contributed by atoms with Crippen LogP contribution in [0.2, 0.25) is 0 Å². The summed E-state index contributed by atoms with van der Waals surface area (Å²) in [5.74, 6) is 0.0711. The Morgan fingerprint density at radius 3 is 2.64 bits per heavy atom. The van der Waals surface area contributed by atoms with Crippen LogP contribution in [0.15, 0.2) is 47.3 Å². The first-order valence-corrected chi connectivity index (χ1v) is 4.25. The molecule has 0 aliphatic heterocycles. The number of nitrogens with one attached hydrogen (secondary N) is 1. The lowest BCUT2D eigenvalue weighted by molar-refractivity contribution is 0.568. The molecule has 3 nitrogen and oxygen atoms in total. The van der Waals surface area contributed by atoms with Crippen molar-refractivity contribution in [2.24, 2.45) is 5.73 Å². The lowest BCUT2D eigenvalue weighted by Gasteiger charge is -2.04. The fourth-order valence-electron chi connectivity index (χ4n) is 1.39. The van der Waals surface area contributed by atoms with Gasteiger partial charge in [0.25, 0.3) is 0 Å². The van der Waals surface area contributed by atoms with Crippen molar-refractivity contribution in [2.45, 2.75) is 0 Å². The van der Waals surface area contributed by atoms with E-state index in [4.69, 9.17) is 15.6 Å². The van der Waals surface area contributed by atoms with E-state index in [1.807, 2.05) is 30.3 Å². The molecule has 0 spiro atoms. The number of rotatable bonds is 2. The Hall–Kier alpha value is -2.03. The van der Waals surface area contributed by atoms with Crippen LogP contribution in [0, 0.1) is 5.41 Å². The summed E-state index contributed by atoms with van der Waals surface area (Å²) in [5.41, 5.74) is 8.07. The molecule has 3 N–H and O–H groups in total. The first kappa shape index (κ1) is 8.56. The van der Waals surface area contributed by atoms with Gasteiger partial charge >= 0.3 is 0 Å². The summed E-state index contributed by atoms with van der Waals surface area (Å²) in [4.78, 5) is 0. The molecule has 2 rings (SSSR count).